The maximum atomic E-state index is 14.5. The van der Waals surface area contributed by atoms with Crippen LogP contribution in [0.15, 0.2) is 67.0 Å². The van der Waals surface area contributed by atoms with E-state index in [0.29, 0.717) is 41.2 Å². The summed E-state index contributed by atoms with van der Waals surface area (Å²) in [7, 11) is 0. The van der Waals surface area contributed by atoms with Crippen LogP contribution < -0.4 is 4.74 Å². The second kappa shape index (κ2) is 13.2. The van der Waals surface area contributed by atoms with Crippen molar-refractivity contribution in [1.82, 2.24) is 9.97 Å². The van der Waals surface area contributed by atoms with E-state index >= 15 is 0 Å². The maximum Gasteiger partial charge on any atom is 0.141 e. The van der Waals surface area contributed by atoms with Crippen LogP contribution in [0.1, 0.15) is 78.7 Å². The van der Waals surface area contributed by atoms with Gasteiger partial charge in [-0.05, 0) is 58.9 Å². The Balaban J connectivity index is 1.45. The molecule has 0 radical (unpaired) electrons. The van der Waals surface area contributed by atoms with Crippen LogP contribution in [-0.4, -0.2) is 21.7 Å². The number of ether oxygens (including phenoxy) is 1. The minimum atomic E-state index is -0.336. The minimum Gasteiger partial charge on any atom is -0.506 e. The third-order valence-electron chi connectivity index (χ3n) is 6.44. The van der Waals surface area contributed by atoms with Gasteiger partial charge in [0.1, 0.15) is 23.1 Å². The molecule has 4 rings (SSSR count). The first kappa shape index (κ1) is 28.7. The molecule has 0 aliphatic carbocycles. The van der Waals surface area contributed by atoms with Gasteiger partial charge in [0.2, 0.25) is 0 Å². The molecule has 4 aromatic rings. The van der Waals surface area contributed by atoms with Crippen molar-refractivity contribution in [1.29, 1.82) is 0 Å². The van der Waals surface area contributed by atoms with Crippen molar-refractivity contribution < 1.29 is 18.6 Å². The van der Waals surface area contributed by atoms with Gasteiger partial charge < -0.3 is 9.84 Å². The van der Waals surface area contributed by atoms with Crippen molar-refractivity contribution in [2.45, 2.75) is 46.0 Å². The molecule has 2 aromatic heterocycles. The van der Waals surface area contributed by atoms with E-state index in [1.54, 1.807) is 67.0 Å². The summed E-state index contributed by atoms with van der Waals surface area (Å²) >= 11 is 0. The molecule has 206 valence electrons. The highest BCUT2D eigenvalue weighted by molar-refractivity contribution is 5.71. The van der Waals surface area contributed by atoms with Gasteiger partial charge in [0.05, 0.1) is 18.0 Å². The maximum absolute atomic E-state index is 14.5. The summed E-state index contributed by atoms with van der Waals surface area (Å²) < 4.78 is 34.7. The van der Waals surface area contributed by atoms with E-state index in [0.717, 1.165) is 16.8 Å². The first-order valence-electron chi connectivity index (χ1n) is 13.4. The zero-order chi connectivity index (χ0) is 28.6. The third-order valence-corrected chi connectivity index (χ3v) is 6.44. The molecule has 0 aliphatic heterocycles. The number of nitrogens with zero attached hydrogens (tertiary/aromatic N) is 2. The van der Waals surface area contributed by atoms with Crippen LogP contribution in [0.2, 0.25) is 0 Å². The Kier molecular flexibility index (Phi) is 9.43. The SMILES string of the molecule is CC(C)c1ncc(/C=C/c2cc(CCOc3cc(/C=C/c4ccccc4F)cnc3C(C)C)ccc2F)cc1O. The lowest BCUT2D eigenvalue weighted by Crippen LogP contribution is -2.06. The van der Waals surface area contributed by atoms with Gasteiger partial charge in [0.15, 0.2) is 0 Å². The zero-order valence-corrected chi connectivity index (χ0v) is 23.2. The summed E-state index contributed by atoms with van der Waals surface area (Å²) in [5, 5.41) is 10.2. The second-order valence-corrected chi connectivity index (χ2v) is 10.3. The third kappa shape index (κ3) is 7.41. The van der Waals surface area contributed by atoms with Crippen LogP contribution in [0.25, 0.3) is 24.3 Å². The molecule has 1 N–H and O–H groups in total. The molecule has 2 heterocycles. The van der Waals surface area contributed by atoms with E-state index in [2.05, 4.69) is 9.97 Å². The van der Waals surface area contributed by atoms with Crippen LogP contribution in [-0.2, 0) is 6.42 Å². The molecule has 6 heteroatoms. The molecule has 0 saturated carbocycles. The number of halogens is 2. The molecule has 2 aromatic carbocycles. The number of benzene rings is 2. The van der Waals surface area contributed by atoms with Gasteiger partial charge in [-0.2, -0.15) is 0 Å². The van der Waals surface area contributed by atoms with E-state index in [-0.39, 0.29) is 29.2 Å². The van der Waals surface area contributed by atoms with Crippen LogP contribution >= 0.6 is 0 Å². The smallest absolute Gasteiger partial charge is 0.141 e. The minimum absolute atomic E-state index is 0.111. The van der Waals surface area contributed by atoms with Crippen LogP contribution in [0.4, 0.5) is 8.78 Å². The molecule has 0 bridgehead atoms. The van der Waals surface area contributed by atoms with Crippen molar-refractivity contribution in [3.05, 3.63) is 118 Å². The molecule has 0 fully saturated rings. The van der Waals surface area contributed by atoms with Crippen LogP contribution in [0, 0.1) is 11.6 Å². The molecule has 0 saturated heterocycles. The fraction of sp³-hybridized carbons (Fsp3) is 0.235. The summed E-state index contributed by atoms with van der Waals surface area (Å²) in [6, 6.07) is 15.1. The topological polar surface area (TPSA) is 55.2 Å². The molecule has 40 heavy (non-hydrogen) atoms. The van der Waals surface area contributed by atoms with Crippen molar-refractivity contribution in [2.75, 3.05) is 6.61 Å². The predicted octanol–water partition coefficient (Wildman–Crippen LogP) is 8.67. The highest BCUT2D eigenvalue weighted by Gasteiger charge is 2.11. The zero-order valence-electron chi connectivity index (χ0n) is 23.2. The number of rotatable bonds is 10. The van der Waals surface area contributed by atoms with Crippen molar-refractivity contribution in [3.8, 4) is 11.5 Å². The van der Waals surface area contributed by atoms with Gasteiger partial charge >= 0.3 is 0 Å². The van der Waals surface area contributed by atoms with Gasteiger partial charge in [-0.25, -0.2) is 8.78 Å². The fourth-order valence-corrected chi connectivity index (χ4v) is 4.26. The molecule has 4 nitrogen and oxygen atoms in total. The number of aromatic hydroxyl groups is 1. The van der Waals surface area contributed by atoms with Gasteiger partial charge in [0, 0.05) is 29.9 Å². The molecular weight excluding hydrogens is 506 g/mol. The Hall–Kier alpha value is -4.32. The number of aromatic nitrogens is 2. The second-order valence-electron chi connectivity index (χ2n) is 10.3. The summed E-state index contributed by atoms with van der Waals surface area (Å²) in [6.07, 6.45) is 10.9. The largest absolute Gasteiger partial charge is 0.506 e. The molecule has 0 atom stereocenters. The van der Waals surface area contributed by atoms with Gasteiger partial charge in [0.25, 0.3) is 0 Å². The van der Waals surface area contributed by atoms with Crippen molar-refractivity contribution >= 4 is 24.3 Å². The highest BCUT2D eigenvalue weighted by Crippen LogP contribution is 2.27. The Morgan fingerprint density at radius 1 is 0.750 bits per heavy atom. The van der Waals surface area contributed by atoms with E-state index in [1.807, 2.05) is 39.8 Å². The van der Waals surface area contributed by atoms with Crippen molar-refractivity contribution in [2.24, 2.45) is 0 Å². The van der Waals surface area contributed by atoms with E-state index < -0.39 is 0 Å². The lowest BCUT2D eigenvalue weighted by atomic mass is 10.1. The quantitative estimate of drug-likeness (QED) is 0.219. The number of hydrogen-bond acceptors (Lipinski definition) is 4. The summed E-state index contributed by atoms with van der Waals surface area (Å²) in [5.41, 5.74) is 4.83. The molecular formula is C34H34F2N2O2. The van der Waals surface area contributed by atoms with Gasteiger partial charge in [-0.3, -0.25) is 9.97 Å². The molecule has 0 unspecified atom stereocenters. The Morgan fingerprint density at radius 2 is 1.38 bits per heavy atom. The summed E-state index contributed by atoms with van der Waals surface area (Å²) in [5.74, 6) is 0.452. The Morgan fingerprint density at radius 3 is 2.05 bits per heavy atom. The Labute approximate surface area is 234 Å². The number of hydrogen-bond donors (Lipinski definition) is 1. The lowest BCUT2D eigenvalue weighted by Gasteiger charge is -2.14. The normalized spacial score (nSPS) is 11.8. The standard InChI is InChI=1S/C34H34F2N2O2/c1-22(2)33-31(39)18-25(20-37-33)10-13-28-17-24(11-14-30(28)36)15-16-40-32-19-26(21-38-34(32)23(3)4)9-12-27-7-5-6-8-29(27)35/h5-14,17-23,39H,15-16H2,1-4H3/b12-9+,13-10+. The van der Waals surface area contributed by atoms with Gasteiger partial charge in [-0.15, -0.1) is 0 Å². The predicted molar refractivity (Wildman–Crippen MR) is 158 cm³/mol. The van der Waals surface area contributed by atoms with Crippen LogP contribution in [0.3, 0.4) is 0 Å². The first-order chi connectivity index (χ1) is 19.2. The fourth-order valence-electron chi connectivity index (χ4n) is 4.26. The number of pyridine rings is 2. The molecule has 0 spiro atoms. The van der Waals surface area contributed by atoms with E-state index in [1.165, 1.54) is 12.1 Å². The summed E-state index contributed by atoms with van der Waals surface area (Å²) in [4.78, 5) is 8.90. The lowest BCUT2D eigenvalue weighted by molar-refractivity contribution is 0.315. The van der Waals surface area contributed by atoms with Crippen molar-refractivity contribution in [3.63, 3.8) is 0 Å². The van der Waals surface area contributed by atoms with Crippen LogP contribution in [0.5, 0.6) is 11.5 Å². The average molecular weight is 541 g/mol. The first-order valence-corrected chi connectivity index (χ1v) is 13.4. The van der Waals surface area contributed by atoms with E-state index in [4.69, 9.17) is 4.74 Å². The molecule has 0 aliphatic rings. The monoisotopic (exact) mass is 540 g/mol. The summed E-state index contributed by atoms with van der Waals surface area (Å²) in [6.45, 7) is 8.41. The van der Waals surface area contributed by atoms with Gasteiger partial charge in [-0.1, -0.05) is 76.3 Å². The Bertz CT molecular complexity index is 1530. The van der Waals surface area contributed by atoms with E-state index in [9.17, 15) is 13.9 Å². The molecule has 0 amide bonds. The highest BCUT2D eigenvalue weighted by atomic mass is 19.1. The average Bonchev–Trinajstić information content (AvgIpc) is 2.92.